The van der Waals surface area contributed by atoms with Crippen molar-refractivity contribution in [2.75, 3.05) is 14.2 Å². The van der Waals surface area contributed by atoms with E-state index in [4.69, 9.17) is 10.00 Å². The predicted molar refractivity (Wildman–Crippen MR) is 55.5 cm³/mol. The molecule has 0 aliphatic heterocycles. The highest BCUT2D eigenvalue weighted by molar-refractivity contribution is 7.47. The summed E-state index contributed by atoms with van der Waals surface area (Å²) in [7, 11) is -1.45. The summed E-state index contributed by atoms with van der Waals surface area (Å²) in [5.74, 6) is -0.883. The lowest BCUT2D eigenvalue weighted by Crippen LogP contribution is -1.97. The van der Waals surface area contributed by atoms with Crippen LogP contribution < -0.4 is 0 Å². The second kappa shape index (κ2) is 8.61. The molecule has 0 heterocycles. The first-order valence-electron chi connectivity index (χ1n) is 4.16. The number of carboxylic acids is 1. The minimum absolute atomic E-state index is 0.299. The molecule has 0 saturated heterocycles. The Kier molecular flexibility index (Phi) is 9.61. The second-order valence-electron chi connectivity index (χ2n) is 2.49. The average Bonchev–Trinajstić information content (AvgIpc) is 2.19. The lowest BCUT2D eigenvalue weighted by molar-refractivity contribution is -0.132. The van der Waals surface area contributed by atoms with E-state index < -0.39 is 13.8 Å². The van der Waals surface area contributed by atoms with Crippen molar-refractivity contribution in [3.05, 3.63) is 12.2 Å². The summed E-state index contributed by atoms with van der Waals surface area (Å²) in [5, 5.41) is 8.21. The summed E-state index contributed by atoms with van der Waals surface area (Å²) in [4.78, 5) is 18.2. The van der Waals surface area contributed by atoms with E-state index in [9.17, 15) is 9.36 Å². The van der Waals surface area contributed by atoms with E-state index in [0.29, 0.717) is 12.0 Å². The summed E-state index contributed by atoms with van der Waals surface area (Å²) in [5.41, 5.74) is 0.299. The van der Waals surface area contributed by atoms with Gasteiger partial charge in [-0.15, -0.1) is 0 Å². The van der Waals surface area contributed by atoms with Crippen LogP contribution in [0.15, 0.2) is 12.2 Å². The number of phosphoric ester groups is 1. The highest BCUT2D eigenvalue weighted by Gasteiger charge is 2.13. The smallest absolute Gasteiger partial charge is 0.471 e. The Morgan fingerprint density at radius 1 is 1.40 bits per heavy atom. The van der Waals surface area contributed by atoms with Gasteiger partial charge in [0.15, 0.2) is 0 Å². The van der Waals surface area contributed by atoms with Crippen molar-refractivity contribution in [3.8, 4) is 0 Å². The predicted octanol–water partition coefficient (Wildman–Crippen LogP) is 1.81. The van der Waals surface area contributed by atoms with E-state index in [1.54, 1.807) is 0 Å². The molecule has 0 radical (unpaired) electrons. The molecule has 0 aromatic heterocycles. The van der Waals surface area contributed by atoms with Gasteiger partial charge in [0.1, 0.15) is 0 Å². The zero-order chi connectivity index (χ0) is 12.5. The largest absolute Gasteiger partial charge is 0.478 e. The fraction of sp³-hybridized carbons (Fsp3) is 0.625. The Morgan fingerprint density at radius 3 is 1.87 bits per heavy atom. The van der Waals surface area contributed by atoms with Gasteiger partial charge in [0.25, 0.3) is 0 Å². The number of hydrogen-bond acceptors (Lipinski definition) is 4. The first-order chi connectivity index (χ1) is 6.80. The molecule has 0 bridgehead atoms. The molecule has 0 spiro atoms. The van der Waals surface area contributed by atoms with Crippen molar-refractivity contribution in [1.29, 1.82) is 0 Å². The van der Waals surface area contributed by atoms with Crippen LogP contribution in [-0.2, 0) is 18.4 Å². The zero-order valence-electron chi connectivity index (χ0n) is 9.10. The first kappa shape index (κ1) is 16.7. The summed E-state index contributed by atoms with van der Waals surface area (Å²) in [6, 6.07) is 0. The molecular formula is C8H17O6P. The van der Waals surface area contributed by atoms with Gasteiger partial charge in [-0.05, 0) is 6.42 Å². The molecule has 0 aliphatic rings. The summed E-state index contributed by atoms with van der Waals surface area (Å²) in [6.45, 7) is 5.27. The number of aliphatic carboxylic acids is 1. The van der Waals surface area contributed by atoms with Crippen molar-refractivity contribution >= 4 is 13.8 Å². The highest BCUT2D eigenvalue weighted by Crippen LogP contribution is 2.40. The molecule has 2 N–H and O–H groups in total. The van der Waals surface area contributed by atoms with Gasteiger partial charge in [-0.1, -0.05) is 19.9 Å². The summed E-state index contributed by atoms with van der Waals surface area (Å²) < 4.78 is 18.0. The Balaban J connectivity index is 0. The summed E-state index contributed by atoms with van der Waals surface area (Å²) in [6.07, 6.45) is 1.44. The van der Waals surface area contributed by atoms with Crippen LogP contribution in [-0.4, -0.2) is 30.2 Å². The van der Waals surface area contributed by atoms with Gasteiger partial charge in [0.2, 0.25) is 0 Å². The minimum atomic E-state index is -3.65. The Morgan fingerprint density at radius 2 is 1.80 bits per heavy atom. The van der Waals surface area contributed by atoms with E-state index in [0.717, 1.165) is 20.6 Å². The molecule has 0 fully saturated rings. The monoisotopic (exact) mass is 240 g/mol. The van der Waals surface area contributed by atoms with Gasteiger partial charge in [0.05, 0.1) is 0 Å². The molecular weight excluding hydrogens is 223 g/mol. The van der Waals surface area contributed by atoms with Crippen molar-refractivity contribution in [3.63, 3.8) is 0 Å². The van der Waals surface area contributed by atoms with Crippen LogP contribution in [0.4, 0.5) is 0 Å². The molecule has 0 unspecified atom stereocenters. The minimum Gasteiger partial charge on any atom is -0.478 e. The number of carboxylic acid groups (broad SMARTS) is 1. The Bertz CT molecular complexity index is 242. The number of rotatable bonds is 5. The van der Waals surface area contributed by atoms with E-state index in [-0.39, 0.29) is 0 Å². The van der Waals surface area contributed by atoms with Crippen LogP contribution in [0.5, 0.6) is 0 Å². The van der Waals surface area contributed by atoms with E-state index in [2.05, 4.69) is 15.6 Å². The maximum atomic E-state index is 10.1. The lowest BCUT2D eigenvalue weighted by Gasteiger charge is -2.01. The number of carbonyl (C=O) groups is 1. The SMILES string of the molecule is C=C(CCC)C(=O)O.COP(=O)(O)OC. The molecule has 0 amide bonds. The van der Waals surface area contributed by atoms with Gasteiger partial charge in [-0.2, -0.15) is 0 Å². The topological polar surface area (TPSA) is 93.1 Å². The maximum absolute atomic E-state index is 10.1. The van der Waals surface area contributed by atoms with Crippen LogP contribution in [0.2, 0.25) is 0 Å². The van der Waals surface area contributed by atoms with Gasteiger partial charge >= 0.3 is 13.8 Å². The van der Waals surface area contributed by atoms with Crippen LogP contribution in [0.3, 0.4) is 0 Å². The number of hydrogen-bond donors (Lipinski definition) is 2. The van der Waals surface area contributed by atoms with Crippen LogP contribution in [0.1, 0.15) is 19.8 Å². The Hall–Kier alpha value is -0.680. The molecule has 6 nitrogen and oxygen atoms in total. The maximum Gasteiger partial charge on any atom is 0.471 e. The first-order valence-corrected chi connectivity index (χ1v) is 5.65. The third-order valence-electron chi connectivity index (χ3n) is 1.32. The molecule has 0 rings (SSSR count). The van der Waals surface area contributed by atoms with E-state index in [1.807, 2.05) is 6.92 Å². The fourth-order valence-corrected chi connectivity index (χ4v) is 0.632. The van der Waals surface area contributed by atoms with E-state index in [1.165, 1.54) is 0 Å². The zero-order valence-corrected chi connectivity index (χ0v) is 9.99. The third kappa shape index (κ3) is 11.2. The standard InChI is InChI=1S/C6H10O2.C2H7O4P/c1-3-4-5(2)6(7)8;1-5-7(3,4)6-2/h2-4H2,1H3,(H,7,8);1-2H3,(H,3,4). The van der Waals surface area contributed by atoms with E-state index >= 15 is 0 Å². The van der Waals surface area contributed by atoms with Crippen LogP contribution >= 0.6 is 7.82 Å². The third-order valence-corrected chi connectivity index (χ3v) is 2.24. The molecule has 0 atom stereocenters. The highest BCUT2D eigenvalue weighted by atomic mass is 31.2. The molecule has 0 aromatic carbocycles. The van der Waals surface area contributed by atoms with Crippen LogP contribution in [0.25, 0.3) is 0 Å². The van der Waals surface area contributed by atoms with Crippen molar-refractivity contribution in [2.24, 2.45) is 0 Å². The summed E-state index contributed by atoms with van der Waals surface area (Å²) >= 11 is 0. The second-order valence-corrected chi connectivity index (χ2v) is 4.16. The normalized spacial score (nSPS) is 10.1. The van der Waals surface area contributed by atoms with Gasteiger partial charge < -0.3 is 10.00 Å². The molecule has 0 saturated carbocycles. The van der Waals surface area contributed by atoms with Crippen molar-refractivity contribution in [1.82, 2.24) is 0 Å². The Labute approximate surface area is 89.1 Å². The van der Waals surface area contributed by atoms with Gasteiger partial charge in [0, 0.05) is 19.8 Å². The molecule has 0 aromatic rings. The molecule has 90 valence electrons. The van der Waals surface area contributed by atoms with Gasteiger partial charge in [-0.3, -0.25) is 9.05 Å². The van der Waals surface area contributed by atoms with Crippen LogP contribution in [0, 0.1) is 0 Å². The van der Waals surface area contributed by atoms with Crippen molar-refractivity contribution < 1.29 is 28.4 Å². The number of phosphoric acid groups is 1. The average molecular weight is 240 g/mol. The lowest BCUT2D eigenvalue weighted by atomic mass is 10.2. The quantitative estimate of drug-likeness (QED) is 0.562. The molecule has 7 heteroatoms. The van der Waals surface area contributed by atoms with Crippen molar-refractivity contribution in [2.45, 2.75) is 19.8 Å². The molecule has 0 aliphatic carbocycles. The molecule has 15 heavy (non-hydrogen) atoms. The van der Waals surface area contributed by atoms with Gasteiger partial charge in [-0.25, -0.2) is 9.36 Å². The fourth-order valence-electron chi connectivity index (χ4n) is 0.483.